The molecule has 0 aromatic heterocycles. The highest BCUT2D eigenvalue weighted by atomic mass is 32.2. The maximum absolute atomic E-state index is 14.5. The molecule has 0 aliphatic carbocycles. The van der Waals surface area contributed by atoms with Crippen molar-refractivity contribution in [3.8, 4) is 5.75 Å². The minimum absolute atomic E-state index is 0.0667. The van der Waals surface area contributed by atoms with E-state index in [9.17, 15) is 22.4 Å². The summed E-state index contributed by atoms with van der Waals surface area (Å²) in [6.45, 7) is 7.33. The van der Waals surface area contributed by atoms with Gasteiger partial charge in [-0.3, -0.25) is 13.9 Å². The molecule has 46 heavy (non-hydrogen) atoms. The summed E-state index contributed by atoms with van der Waals surface area (Å²) in [5, 5.41) is 2.95. The van der Waals surface area contributed by atoms with Crippen LogP contribution in [0.5, 0.6) is 5.75 Å². The topological polar surface area (TPSA) is 96.0 Å². The molecule has 0 unspecified atom stereocenters. The first kappa shape index (κ1) is 34.2. The Morgan fingerprint density at radius 2 is 1.52 bits per heavy atom. The lowest BCUT2D eigenvalue weighted by Crippen LogP contribution is -2.54. The Hall–Kier alpha value is -4.70. The number of nitrogens with zero attached hydrogens (tertiary/aromatic N) is 2. The molecular weight excluding hydrogens is 605 g/mol. The van der Waals surface area contributed by atoms with Gasteiger partial charge in [-0.2, -0.15) is 0 Å². The number of aryl methyl sites for hydroxylation is 1. The average Bonchev–Trinajstić information content (AvgIpc) is 3.02. The SMILES string of the molecule is CCOc1ccc(N(CC(=O)N(Cc2cccc(C)c2)[C@H](Cc2ccccc2)C(=O)NC(C)C)S(=O)(=O)c2ccc(F)cc2)cc1. The van der Waals surface area contributed by atoms with Crippen LogP contribution in [-0.4, -0.2) is 50.4 Å². The molecule has 2 amide bonds. The van der Waals surface area contributed by atoms with Gasteiger partial charge in [0.05, 0.1) is 17.2 Å². The number of hydrogen-bond donors (Lipinski definition) is 1. The molecule has 4 rings (SSSR count). The first-order valence-corrected chi connectivity index (χ1v) is 16.6. The first-order valence-electron chi connectivity index (χ1n) is 15.2. The van der Waals surface area contributed by atoms with Gasteiger partial charge < -0.3 is 15.0 Å². The number of amides is 2. The van der Waals surface area contributed by atoms with Gasteiger partial charge in [0.1, 0.15) is 24.2 Å². The van der Waals surface area contributed by atoms with Crippen molar-refractivity contribution in [1.82, 2.24) is 10.2 Å². The van der Waals surface area contributed by atoms with E-state index < -0.39 is 34.3 Å². The normalized spacial score (nSPS) is 12.0. The van der Waals surface area contributed by atoms with Crippen molar-refractivity contribution >= 4 is 27.5 Å². The molecule has 4 aromatic rings. The molecule has 4 aromatic carbocycles. The molecule has 1 N–H and O–H groups in total. The van der Waals surface area contributed by atoms with Gasteiger partial charge in [0, 0.05) is 19.0 Å². The van der Waals surface area contributed by atoms with Crippen LogP contribution < -0.4 is 14.4 Å². The predicted molar refractivity (Wildman–Crippen MR) is 177 cm³/mol. The van der Waals surface area contributed by atoms with Crippen molar-refractivity contribution in [3.63, 3.8) is 0 Å². The number of benzene rings is 4. The van der Waals surface area contributed by atoms with Crippen molar-refractivity contribution in [3.05, 3.63) is 126 Å². The van der Waals surface area contributed by atoms with Gasteiger partial charge in [0.15, 0.2) is 0 Å². The number of hydrogen-bond acceptors (Lipinski definition) is 5. The fourth-order valence-corrected chi connectivity index (χ4v) is 6.49. The van der Waals surface area contributed by atoms with Gasteiger partial charge in [-0.05, 0) is 87.4 Å². The van der Waals surface area contributed by atoms with E-state index in [1.807, 2.05) is 82.3 Å². The number of anilines is 1. The van der Waals surface area contributed by atoms with E-state index in [4.69, 9.17) is 4.74 Å². The summed E-state index contributed by atoms with van der Waals surface area (Å²) in [7, 11) is -4.35. The van der Waals surface area contributed by atoms with Crippen LogP contribution in [0.3, 0.4) is 0 Å². The van der Waals surface area contributed by atoms with Gasteiger partial charge >= 0.3 is 0 Å². The Bertz CT molecular complexity index is 1710. The molecule has 10 heteroatoms. The van der Waals surface area contributed by atoms with Crippen LogP contribution in [0.15, 0.2) is 108 Å². The average molecular weight is 646 g/mol. The molecule has 242 valence electrons. The van der Waals surface area contributed by atoms with E-state index in [1.165, 1.54) is 4.90 Å². The van der Waals surface area contributed by atoms with Gasteiger partial charge in [0.2, 0.25) is 11.8 Å². The van der Waals surface area contributed by atoms with Crippen LogP contribution in [0.4, 0.5) is 10.1 Å². The van der Waals surface area contributed by atoms with Gasteiger partial charge in [-0.25, -0.2) is 12.8 Å². The Labute approximate surface area is 270 Å². The highest BCUT2D eigenvalue weighted by molar-refractivity contribution is 7.92. The number of carbonyl (C=O) groups is 2. The molecule has 1 atom stereocenters. The largest absolute Gasteiger partial charge is 0.494 e. The van der Waals surface area contributed by atoms with Crippen LogP contribution in [0.2, 0.25) is 0 Å². The Morgan fingerprint density at radius 1 is 0.870 bits per heavy atom. The molecule has 0 radical (unpaired) electrons. The third-order valence-electron chi connectivity index (χ3n) is 7.25. The smallest absolute Gasteiger partial charge is 0.264 e. The van der Waals surface area contributed by atoms with E-state index >= 15 is 0 Å². The molecule has 8 nitrogen and oxygen atoms in total. The van der Waals surface area contributed by atoms with Crippen molar-refractivity contribution in [2.45, 2.75) is 57.6 Å². The van der Waals surface area contributed by atoms with E-state index in [0.29, 0.717) is 12.4 Å². The van der Waals surface area contributed by atoms with Gasteiger partial charge in [-0.1, -0.05) is 60.2 Å². The fraction of sp³-hybridized carbons (Fsp3) is 0.278. The minimum Gasteiger partial charge on any atom is -0.494 e. The molecular formula is C36H40FN3O5S. The number of sulfonamides is 1. The van der Waals surface area contributed by atoms with E-state index in [0.717, 1.165) is 45.3 Å². The Kier molecular flexibility index (Phi) is 11.5. The minimum atomic E-state index is -4.35. The molecule has 0 aliphatic rings. The Morgan fingerprint density at radius 3 is 2.13 bits per heavy atom. The zero-order chi connectivity index (χ0) is 33.3. The lowest BCUT2D eigenvalue weighted by Gasteiger charge is -2.34. The van der Waals surface area contributed by atoms with Crippen molar-refractivity contribution in [2.75, 3.05) is 17.5 Å². The van der Waals surface area contributed by atoms with Crippen LogP contribution in [-0.2, 0) is 32.6 Å². The van der Waals surface area contributed by atoms with Crippen molar-refractivity contribution in [1.29, 1.82) is 0 Å². The zero-order valence-electron chi connectivity index (χ0n) is 26.5. The number of nitrogens with one attached hydrogen (secondary N) is 1. The van der Waals surface area contributed by atoms with Gasteiger partial charge in [0.25, 0.3) is 10.0 Å². The molecule has 0 spiro atoms. The van der Waals surface area contributed by atoms with Crippen LogP contribution in [0, 0.1) is 12.7 Å². The molecule has 0 saturated heterocycles. The standard InChI is InChI=1S/C36H40FN3O5S/c1-5-45-32-18-16-31(17-19-32)40(46(43,44)33-20-14-30(37)15-21-33)25-35(41)39(24-29-13-9-10-27(4)22-29)34(36(42)38-26(2)3)23-28-11-7-6-8-12-28/h6-22,26,34H,5,23-25H2,1-4H3,(H,38,42)/t34-/m1/s1. The summed E-state index contributed by atoms with van der Waals surface area (Å²) in [6.07, 6.45) is 0.213. The second kappa shape index (κ2) is 15.5. The second-order valence-corrected chi connectivity index (χ2v) is 13.1. The quantitative estimate of drug-likeness (QED) is 0.185. The maximum atomic E-state index is 14.5. The lowest BCUT2D eigenvalue weighted by molar-refractivity contribution is -0.140. The number of carbonyl (C=O) groups excluding carboxylic acids is 2. The van der Waals surface area contributed by atoms with Crippen molar-refractivity contribution in [2.24, 2.45) is 0 Å². The summed E-state index contributed by atoms with van der Waals surface area (Å²) in [4.78, 5) is 29.5. The predicted octanol–water partition coefficient (Wildman–Crippen LogP) is 5.89. The third-order valence-corrected chi connectivity index (χ3v) is 9.04. The fourth-order valence-electron chi connectivity index (χ4n) is 5.08. The summed E-state index contributed by atoms with van der Waals surface area (Å²) in [5.74, 6) is -0.993. The van der Waals surface area contributed by atoms with E-state index in [1.54, 1.807) is 24.3 Å². The van der Waals surface area contributed by atoms with E-state index in [2.05, 4.69) is 5.32 Å². The highest BCUT2D eigenvalue weighted by Gasteiger charge is 2.35. The number of halogens is 1. The summed E-state index contributed by atoms with van der Waals surface area (Å²) >= 11 is 0. The third kappa shape index (κ3) is 8.94. The molecule has 0 fully saturated rings. The van der Waals surface area contributed by atoms with E-state index in [-0.39, 0.29) is 35.5 Å². The molecule has 0 bridgehead atoms. The number of rotatable bonds is 14. The zero-order valence-corrected chi connectivity index (χ0v) is 27.3. The summed E-state index contributed by atoms with van der Waals surface area (Å²) in [5.41, 5.74) is 2.82. The first-order chi connectivity index (χ1) is 22.0. The van der Waals surface area contributed by atoms with Crippen LogP contribution in [0.1, 0.15) is 37.5 Å². The van der Waals surface area contributed by atoms with Crippen LogP contribution >= 0.6 is 0 Å². The summed E-state index contributed by atoms with van der Waals surface area (Å²) in [6, 6.07) is 26.6. The molecule has 0 saturated carbocycles. The summed E-state index contributed by atoms with van der Waals surface area (Å²) < 4.78 is 48.5. The number of ether oxygens (including phenoxy) is 1. The monoisotopic (exact) mass is 645 g/mol. The second-order valence-electron chi connectivity index (χ2n) is 11.3. The van der Waals surface area contributed by atoms with Crippen molar-refractivity contribution < 1.29 is 27.1 Å². The highest BCUT2D eigenvalue weighted by Crippen LogP contribution is 2.27. The Balaban J connectivity index is 1.80. The lowest BCUT2D eigenvalue weighted by atomic mass is 10.0. The maximum Gasteiger partial charge on any atom is 0.264 e. The molecule has 0 aliphatic heterocycles. The van der Waals surface area contributed by atoms with Crippen LogP contribution in [0.25, 0.3) is 0 Å². The molecule has 0 heterocycles. The van der Waals surface area contributed by atoms with Gasteiger partial charge in [-0.15, -0.1) is 0 Å².